The molecule has 2 radical (unpaired) electrons. The third kappa shape index (κ3) is 0.949. The molecule has 0 bridgehead atoms. The standard InChI is InChI=1S/C8H7BN2S/c1-5-4-6-7(9)2-3-10-8(6)11(5)12/h2-4,12H,1H3. The number of aromatic nitrogens is 2. The van der Waals surface area contributed by atoms with Gasteiger partial charge in [0.05, 0.1) is 0 Å². The van der Waals surface area contributed by atoms with Crippen molar-refractivity contribution in [2.24, 2.45) is 0 Å². The Morgan fingerprint density at radius 3 is 3.00 bits per heavy atom. The predicted octanol–water partition coefficient (Wildman–Crippen LogP) is 0.831. The number of pyridine rings is 1. The lowest BCUT2D eigenvalue weighted by Crippen LogP contribution is -2.02. The molecule has 12 heavy (non-hydrogen) atoms. The molecule has 0 aliphatic carbocycles. The molecule has 2 nitrogen and oxygen atoms in total. The summed E-state index contributed by atoms with van der Waals surface area (Å²) < 4.78 is 1.73. The van der Waals surface area contributed by atoms with E-state index in [0.717, 1.165) is 22.2 Å². The average Bonchev–Trinajstić information content (AvgIpc) is 2.32. The molecule has 0 spiro atoms. The van der Waals surface area contributed by atoms with Gasteiger partial charge in [-0.15, -0.1) is 0 Å². The molecule has 0 saturated carbocycles. The van der Waals surface area contributed by atoms with Crippen LogP contribution in [0.2, 0.25) is 0 Å². The molecule has 0 fully saturated rings. The third-order valence-electron chi connectivity index (χ3n) is 1.89. The Morgan fingerprint density at radius 1 is 1.58 bits per heavy atom. The van der Waals surface area contributed by atoms with Gasteiger partial charge in [0, 0.05) is 17.3 Å². The van der Waals surface area contributed by atoms with Gasteiger partial charge < -0.3 is 0 Å². The van der Waals surface area contributed by atoms with Gasteiger partial charge in [0.25, 0.3) is 0 Å². The van der Waals surface area contributed by atoms with Gasteiger partial charge in [-0.25, -0.2) is 4.98 Å². The fraction of sp³-hybridized carbons (Fsp3) is 0.125. The maximum atomic E-state index is 5.75. The highest BCUT2D eigenvalue weighted by Gasteiger charge is 2.04. The van der Waals surface area contributed by atoms with Crippen molar-refractivity contribution in [3.05, 3.63) is 24.0 Å². The van der Waals surface area contributed by atoms with Gasteiger partial charge in [-0.3, -0.25) is 3.97 Å². The summed E-state index contributed by atoms with van der Waals surface area (Å²) in [7, 11) is 5.75. The molecule has 4 heteroatoms. The SMILES string of the molecule is [B]c1ccnc2c1cc(C)n2S. The number of hydrogen-bond acceptors (Lipinski definition) is 2. The first-order valence-electron chi connectivity index (χ1n) is 3.62. The average molecular weight is 174 g/mol. The van der Waals surface area contributed by atoms with Gasteiger partial charge in [-0.2, -0.15) is 0 Å². The summed E-state index contributed by atoms with van der Waals surface area (Å²) in [6.45, 7) is 1.97. The van der Waals surface area contributed by atoms with Crippen LogP contribution in [0.25, 0.3) is 11.0 Å². The second-order valence-corrected chi connectivity index (χ2v) is 3.13. The van der Waals surface area contributed by atoms with Gasteiger partial charge >= 0.3 is 0 Å². The molecule has 0 atom stereocenters. The minimum Gasteiger partial charge on any atom is -0.275 e. The van der Waals surface area contributed by atoms with Crippen molar-refractivity contribution in [3.8, 4) is 0 Å². The Labute approximate surface area is 77.6 Å². The lowest BCUT2D eigenvalue weighted by atomic mass is 9.94. The van der Waals surface area contributed by atoms with E-state index in [-0.39, 0.29) is 0 Å². The van der Waals surface area contributed by atoms with E-state index in [9.17, 15) is 0 Å². The van der Waals surface area contributed by atoms with Crippen molar-refractivity contribution in [1.29, 1.82) is 0 Å². The largest absolute Gasteiger partial charge is 0.275 e. The van der Waals surface area contributed by atoms with E-state index in [2.05, 4.69) is 17.8 Å². The molecule has 0 aromatic carbocycles. The number of thiol groups is 1. The zero-order chi connectivity index (χ0) is 8.72. The second-order valence-electron chi connectivity index (χ2n) is 2.73. The minimum atomic E-state index is 0.746. The Balaban J connectivity index is 2.95. The zero-order valence-corrected chi connectivity index (χ0v) is 7.55. The lowest BCUT2D eigenvalue weighted by Gasteiger charge is -1.96. The van der Waals surface area contributed by atoms with Crippen molar-refractivity contribution in [3.63, 3.8) is 0 Å². The van der Waals surface area contributed by atoms with Gasteiger partial charge in [-0.05, 0) is 13.0 Å². The number of aryl methyl sites for hydroxylation is 1. The maximum Gasteiger partial charge on any atom is 0.149 e. The summed E-state index contributed by atoms with van der Waals surface area (Å²) >= 11 is 4.26. The first-order valence-corrected chi connectivity index (χ1v) is 4.02. The summed E-state index contributed by atoms with van der Waals surface area (Å²) in [6.07, 6.45) is 1.68. The van der Waals surface area contributed by atoms with Crippen molar-refractivity contribution >= 4 is 37.2 Å². The monoisotopic (exact) mass is 174 g/mol. The summed E-state index contributed by atoms with van der Waals surface area (Å²) in [5.41, 5.74) is 2.60. The fourth-order valence-corrected chi connectivity index (χ4v) is 1.45. The Hall–Kier alpha value is -0.895. The van der Waals surface area contributed by atoms with Crippen LogP contribution in [0.3, 0.4) is 0 Å². The molecule has 2 aromatic heterocycles. The molecule has 0 amide bonds. The molecule has 0 unspecified atom stereocenters. The van der Waals surface area contributed by atoms with Crippen LogP contribution in [0.1, 0.15) is 5.69 Å². The van der Waals surface area contributed by atoms with Crippen LogP contribution < -0.4 is 5.46 Å². The fourth-order valence-electron chi connectivity index (χ4n) is 1.23. The summed E-state index contributed by atoms with van der Waals surface area (Å²) in [5, 5.41) is 0.963. The molecule has 0 N–H and O–H groups in total. The zero-order valence-electron chi connectivity index (χ0n) is 6.65. The Morgan fingerprint density at radius 2 is 2.33 bits per heavy atom. The second kappa shape index (κ2) is 2.56. The van der Waals surface area contributed by atoms with Crippen molar-refractivity contribution in [2.45, 2.75) is 6.92 Å². The van der Waals surface area contributed by atoms with Crippen LogP contribution in [0.4, 0.5) is 0 Å². The van der Waals surface area contributed by atoms with Gasteiger partial charge in [0.15, 0.2) is 0 Å². The third-order valence-corrected chi connectivity index (χ3v) is 2.40. The van der Waals surface area contributed by atoms with Crippen molar-refractivity contribution < 1.29 is 0 Å². The van der Waals surface area contributed by atoms with E-state index in [1.54, 1.807) is 16.2 Å². The molecule has 2 rings (SSSR count). The molecule has 0 aliphatic rings. The Bertz CT molecular complexity index is 436. The quantitative estimate of drug-likeness (QED) is 0.462. The topological polar surface area (TPSA) is 17.8 Å². The van der Waals surface area contributed by atoms with Crippen molar-refractivity contribution in [2.75, 3.05) is 0 Å². The van der Waals surface area contributed by atoms with Crippen LogP contribution >= 0.6 is 12.8 Å². The molecule has 58 valence electrons. The van der Waals surface area contributed by atoms with Crippen LogP contribution in [0, 0.1) is 6.92 Å². The number of hydrogen-bond donors (Lipinski definition) is 1. The number of rotatable bonds is 0. The van der Waals surface area contributed by atoms with Gasteiger partial charge in [0.1, 0.15) is 13.5 Å². The molecule has 0 aliphatic heterocycles. The van der Waals surface area contributed by atoms with E-state index in [1.807, 2.05) is 13.0 Å². The van der Waals surface area contributed by atoms with E-state index in [0.29, 0.717) is 0 Å². The molecular formula is C8H7BN2S. The van der Waals surface area contributed by atoms with E-state index < -0.39 is 0 Å². The summed E-state index contributed by atoms with van der Waals surface area (Å²) in [6, 6.07) is 3.76. The van der Waals surface area contributed by atoms with E-state index in [4.69, 9.17) is 7.85 Å². The first kappa shape index (κ1) is 7.74. The van der Waals surface area contributed by atoms with Crippen LogP contribution in [-0.4, -0.2) is 16.8 Å². The summed E-state index contributed by atoms with van der Waals surface area (Å²) in [5.74, 6) is 0. The van der Waals surface area contributed by atoms with Crippen LogP contribution in [-0.2, 0) is 0 Å². The van der Waals surface area contributed by atoms with Crippen LogP contribution in [0.15, 0.2) is 18.3 Å². The summed E-state index contributed by atoms with van der Waals surface area (Å²) in [4.78, 5) is 4.17. The molecule has 2 heterocycles. The number of nitrogens with zero attached hydrogens (tertiary/aromatic N) is 2. The predicted molar refractivity (Wildman–Crippen MR) is 54.2 cm³/mol. The van der Waals surface area contributed by atoms with Crippen molar-refractivity contribution in [1.82, 2.24) is 8.96 Å². The molecule has 2 aromatic rings. The lowest BCUT2D eigenvalue weighted by molar-refractivity contribution is 1.19. The molecule has 0 saturated heterocycles. The maximum absolute atomic E-state index is 5.75. The van der Waals surface area contributed by atoms with Crippen LogP contribution in [0.5, 0.6) is 0 Å². The smallest absolute Gasteiger partial charge is 0.149 e. The first-order chi connectivity index (χ1) is 5.70. The number of fused-ring (bicyclic) bond motifs is 1. The highest BCUT2D eigenvalue weighted by Crippen LogP contribution is 2.15. The molecular weight excluding hydrogens is 167 g/mol. The van der Waals surface area contributed by atoms with Gasteiger partial charge in [-0.1, -0.05) is 24.3 Å². The normalized spacial score (nSPS) is 10.8. The minimum absolute atomic E-state index is 0.746. The highest BCUT2D eigenvalue weighted by molar-refractivity contribution is 7.78. The van der Waals surface area contributed by atoms with E-state index in [1.165, 1.54) is 0 Å². The highest BCUT2D eigenvalue weighted by atomic mass is 32.1. The van der Waals surface area contributed by atoms with Gasteiger partial charge in [0.2, 0.25) is 0 Å². The van der Waals surface area contributed by atoms with E-state index >= 15 is 0 Å². The Kier molecular flexibility index (Phi) is 1.65.